The molecule has 1 rings (SSSR count). The quantitative estimate of drug-likeness (QED) is 0.505. The summed E-state index contributed by atoms with van der Waals surface area (Å²) in [5.74, 6) is 0. The van der Waals surface area contributed by atoms with E-state index in [0.29, 0.717) is 0 Å². The van der Waals surface area contributed by atoms with Crippen LogP contribution in [0.2, 0.25) is 0 Å². The average molecular weight is 120 g/mol. The first-order chi connectivity index (χ1) is 3.00. The van der Waals surface area contributed by atoms with Crippen molar-refractivity contribution in [2.24, 2.45) is 0 Å². The molecule has 0 amide bonds. The lowest BCUT2D eigenvalue weighted by atomic mass is 10.6. The van der Waals surface area contributed by atoms with E-state index in [1.54, 1.807) is 12.4 Å². The van der Waals surface area contributed by atoms with Crippen molar-refractivity contribution < 1.29 is 9.41 Å². The molecule has 4 heteroatoms. The molecule has 46 valence electrons. The smallest absolute Gasteiger partial charge is 0.0496 e. The van der Waals surface area contributed by atoms with Gasteiger partial charge in [-0.2, -0.15) is 10.2 Å². The summed E-state index contributed by atoms with van der Waals surface area (Å²) in [6.07, 6.45) is 3.28. The van der Waals surface area contributed by atoms with Crippen molar-refractivity contribution in [3.8, 4) is 0 Å². The predicted octanol–water partition coefficient (Wildman–Crippen LogP) is 0.782. The van der Waals surface area contributed by atoms with Gasteiger partial charge in [-0.15, -0.1) is 0 Å². The van der Waals surface area contributed by atoms with Crippen LogP contribution in [0.25, 0.3) is 0 Å². The average Bonchev–Trinajstić information content (AvgIpc) is 1.72. The summed E-state index contributed by atoms with van der Waals surface area (Å²) in [5, 5.41) is 7.07. The van der Waals surface area contributed by atoms with E-state index in [2.05, 4.69) is 10.2 Å². The van der Waals surface area contributed by atoms with Gasteiger partial charge in [-0.1, -0.05) is 0 Å². The summed E-state index contributed by atoms with van der Waals surface area (Å²) < 4.78 is 0. The molecular weight excluding hydrogens is 114 g/mol. The Bertz CT molecular complexity index is 84.0. The Morgan fingerprint density at radius 1 is 0.750 bits per heavy atom. The lowest BCUT2D eigenvalue weighted by molar-refractivity contribution is 1.03. The van der Waals surface area contributed by atoms with Gasteiger partial charge in [0.1, 0.15) is 0 Å². The van der Waals surface area contributed by atoms with Crippen LogP contribution in [0.3, 0.4) is 0 Å². The van der Waals surface area contributed by atoms with Crippen molar-refractivity contribution in [1.82, 2.24) is 10.2 Å². The second kappa shape index (κ2) is 5.94. The highest BCUT2D eigenvalue weighted by Crippen LogP contribution is 1.68. The van der Waals surface area contributed by atoms with E-state index in [0.717, 1.165) is 0 Å². The van der Waals surface area contributed by atoms with Crippen molar-refractivity contribution in [3.05, 3.63) is 24.5 Å². The first-order valence-electron chi connectivity index (χ1n) is 1.72. The zero-order chi connectivity index (χ0) is 4.24. The van der Waals surface area contributed by atoms with Gasteiger partial charge in [0.15, 0.2) is 0 Å². The molecule has 0 fully saturated rings. The molecule has 0 atom stereocenters. The molecule has 0 unspecified atom stereocenters. The van der Waals surface area contributed by atoms with Crippen molar-refractivity contribution in [3.63, 3.8) is 0 Å². The van der Waals surface area contributed by atoms with E-state index in [1.165, 1.54) is 0 Å². The van der Waals surface area contributed by atoms with Gasteiger partial charge >= 0.3 is 0 Å². The Labute approximate surface area is 45.3 Å². The molecule has 0 spiro atoms. The topological polar surface area (TPSA) is 25.8 Å². The largest absolute Gasteiger partial charge is 0.269 e. The lowest BCUT2D eigenvalue weighted by Gasteiger charge is -1.69. The minimum atomic E-state index is 0. The zero-order valence-corrected chi connectivity index (χ0v) is 4.02. The third kappa shape index (κ3) is 3.14. The van der Waals surface area contributed by atoms with Gasteiger partial charge in [-0.05, 0) is 12.1 Å². The van der Waals surface area contributed by atoms with E-state index in [4.69, 9.17) is 0 Å². The van der Waals surface area contributed by atoms with Crippen molar-refractivity contribution in [2.75, 3.05) is 0 Å². The third-order valence-corrected chi connectivity index (χ3v) is 0.483. The van der Waals surface area contributed by atoms with Gasteiger partial charge in [0.2, 0.25) is 0 Å². The van der Waals surface area contributed by atoms with E-state index in [-0.39, 0.29) is 9.41 Å². The number of hydrogen-bond acceptors (Lipinski definition) is 2. The van der Waals surface area contributed by atoms with Crippen LogP contribution in [0.15, 0.2) is 24.5 Å². The molecule has 1 heterocycles. The molecule has 0 saturated carbocycles. The summed E-state index contributed by atoms with van der Waals surface area (Å²) in [6.45, 7) is 0. The molecule has 0 bridgehead atoms. The Morgan fingerprint density at radius 2 is 1.12 bits per heavy atom. The van der Waals surface area contributed by atoms with Crippen LogP contribution >= 0.6 is 0 Å². The second-order valence-electron chi connectivity index (χ2n) is 0.914. The monoisotopic (exact) mass is 120 g/mol. The Hall–Kier alpha value is -1.06. The summed E-state index contributed by atoms with van der Waals surface area (Å²) >= 11 is 0. The van der Waals surface area contributed by atoms with Crippen molar-refractivity contribution >= 4 is 0 Å². The summed E-state index contributed by atoms with van der Waals surface area (Å²) in [4.78, 5) is 0. The number of nitrogens with zero attached hydrogens (tertiary/aromatic N) is 2. The number of halogens is 2. The molecular formula is C4H6F2N2. The Balaban J connectivity index is 0. The first-order valence-corrected chi connectivity index (χ1v) is 1.72. The highest BCUT2D eigenvalue weighted by atomic mass is 19.0. The standard InChI is InChI=1S/C4H4N2.2FH/c1-2-4-6-5-3-1;;/h1-4H;2*1H. The van der Waals surface area contributed by atoms with Gasteiger partial charge in [-0.3, -0.25) is 9.41 Å². The maximum atomic E-state index is 3.53. The van der Waals surface area contributed by atoms with Gasteiger partial charge in [0.25, 0.3) is 0 Å². The second-order valence-corrected chi connectivity index (χ2v) is 0.914. The van der Waals surface area contributed by atoms with Crippen LogP contribution in [0.4, 0.5) is 9.41 Å². The van der Waals surface area contributed by atoms with Gasteiger partial charge in [0.05, 0.1) is 0 Å². The molecule has 1 aromatic rings. The highest BCUT2D eigenvalue weighted by molar-refractivity contribution is 4.79. The van der Waals surface area contributed by atoms with Crippen LogP contribution < -0.4 is 0 Å². The molecule has 0 saturated heterocycles. The van der Waals surface area contributed by atoms with E-state index in [1.807, 2.05) is 12.1 Å². The molecule has 1 aromatic heterocycles. The SMILES string of the molecule is F.F.c1ccnnc1. The third-order valence-electron chi connectivity index (χ3n) is 0.483. The summed E-state index contributed by atoms with van der Waals surface area (Å²) in [5.41, 5.74) is 0. The normalized spacial score (nSPS) is 6.00. The predicted molar refractivity (Wildman–Crippen MR) is 27.0 cm³/mol. The van der Waals surface area contributed by atoms with Crippen LogP contribution in [-0.4, -0.2) is 10.2 Å². The fourth-order valence-corrected chi connectivity index (χ4v) is 0.253. The fourth-order valence-electron chi connectivity index (χ4n) is 0.253. The first kappa shape index (κ1) is 10.0. The molecule has 0 aromatic carbocycles. The minimum Gasteiger partial charge on any atom is -0.269 e. The minimum absolute atomic E-state index is 0. The summed E-state index contributed by atoms with van der Waals surface area (Å²) in [7, 11) is 0. The number of aromatic nitrogens is 2. The van der Waals surface area contributed by atoms with Crippen molar-refractivity contribution in [1.29, 1.82) is 0 Å². The van der Waals surface area contributed by atoms with Crippen LogP contribution in [0.5, 0.6) is 0 Å². The maximum absolute atomic E-state index is 3.53. The number of hydrogen-bond donors (Lipinski definition) is 0. The lowest BCUT2D eigenvalue weighted by Crippen LogP contribution is -1.69. The fraction of sp³-hybridized carbons (Fsp3) is 0. The van der Waals surface area contributed by atoms with E-state index in [9.17, 15) is 0 Å². The number of rotatable bonds is 0. The molecule has 0 radical (unpaired) electrons. The van der Waals surface area contributed by atoms with Gasteiger partial charge in [-0.25, -0.2) is 0 Å². The molecule has 2 nitrogen and oxygen atoms in total. The molecule has 0 aliphatic rings. The van der Waals surface area contributed by atoms with E-state index >= 15 is 0 Å². The zero-order valence-electron chi connectivity index (χ0n) is 4.02. The molecule has 0 aliphatic heterocycles. The Morgan fingerprint density at radius 3 is 1.25 bits per heavy atom. The Kier molecular flexibility index (Phi) is 7.45. The highest BCUT2D eigenvalue weighted by Gasteiger charge is 1.59. The maximum Gasteiger partial charge on any atom is 0.0496 e. The summed E-state index contributed by atoms with van der Waals surface area (Å²) in [6, 6.07) is 3.65. The van der Waals surface area contributed by atoms with Crippen molar-refractivity contribution in [2.45, 2.75) is 0 Å². The molecule has 0 N–H and O–H groups in total. The van der Waals surface area contributed by atoms with Gasteiger partial charge < -0.3 is 0 Å². The molecule has 8 heavy (non-hydrogen) atoms. The van der Waals surface area contributed by atoms with Crippen LogP contribution in [0, 0.1) is 0 Å². The molecule has 0 aliphatic carbocycles. The van der Waals surface area contributed by atoms with Crippen LogP contribution in [0.1, 0.15) is 0 Å². The van der Waals surface area contributed by atoms with Crippen LogP contribution in [-0.2, 0) is 0 Å². The van der Waals surface area contributed by atoms with Gasteiger partial charge in [0, 0.05) is 12.4 Å². The van der Waals surface area contributed by atoms with E-state index < -0.39 is 0 Å².